The Kier molecular flexibility index (Phi) is 9.28. The maximum absolute atomic E-state index is 12.8. The van der Waals surface area contributed by atoms with Gasteiger partial charge < -0.3 is 14.4 Å². The summed E-state index contributed by atoms with van der Waals surface area (Å²) in [6.45, 7) is 8.05. The lowest BCUT2D eigenvalue weighted by Gasteiger charge is -2.43. The summed E-state index contributed by atoms with van der Waals surface area (Å²) in [5.41, 5.74) is 0.674. The zero-order valence-corrected chi connectivity index (χ0v) is 24.1. The van der Waals surface area contributed by atoms with Gasteiger partial charge in [-0.15, -0.1) is 0 Å². The predicted molar refractivity (Wildman–Crippen MR) is 153 cm³/mol. The first-order valence-electron chi connectivity index (χ1n) is 14.4. The largest absolute Gasteiger partial charge is 0.465 e. The fourth-order valence-electron chi connectivity index (χ4n) is 5.65. The van der Waals surface area contributed by atoms with Crippen molar-refractivity contribution < 1.29 is 24.0 Å². The fraction of sp³-hybridized carbons (Fsp3) is 0.500. The van der Waals surface area contributed by atoms with E-state index in [1.54, 1.807) is 24.3 Å². The molecule has 0 radical (unpaired) electrons. The van der Waals surface area contributed by atoms with Crippen molar-refractivity contribution in [3.63, 3.8) is 0 Å². The van der Waals surface area contributed by atoms with Gasteiger partial charge in [0.2, 0.25) is 5.82 Å². The maximum atomic E-state index is 12.8. The van der Waals surface area contributed by atoms with E-state index in [9.17, 15) is 14.7 Å². The Morgan fingerprint density at radius 1 is 1.02 bits per heavy atom. The minimum Gasteiger partial charge on any atom is -0.465 e. The Bertz CT molecular complexity index is 1270. The highest BCUT2D eigenvalue weighted by atomic mass is 16.5. The standard InChI is InChI=1S/C32H41N3O5/c1-5-6-7-8-9-11-14-23-17-19-24(20-18-23)27-33-29(40-34-27)32(31(2,3)4)21-26(22-35(32)30(37)38)39-28(36)25-15-12-10-13-16-25/h10,12-13,15-20,26H,5-9,11,14,21-22H2,1-4H3,(H,37,38)/t26-,32+/m0/s1. The van der Waals surface area contributed by atoms with E-state index in [-0.39, 0.29) is 18.9 Å². The number of likely N-dealkylation sites (tertiary alicyclic amines) is 1. The van der Waals surface area contributed by atoms with Gasteiger partial charge >= 0.3 is 12.1 Å². The summed E-state index contributed by atoms with van der Waals surface area (Å²) < 4.78 is 11.6. The van der Waals surface area contributed by atoms with Crippen LogP contribution in [0.2, 0.25) is 0 Å². The molecule has 4 rings (SSSR count). The van der Waals surface area contributed by atoms with Crippen molar-refractivity contribution in [2.45, 2.75) is 90.7 Å². The van der Waals surface area contributed by atoms with Crippen LogP contribution in [0, 0.1) is 5.41 Å². The van der Waals surface area contributed by atoms with Crippen LogP contribution in [0.3, 0.4) is 0 Å². The average Bonchev–Trinajstić information content (AvgIpc) is 3.58. The highest BCUT2D eigenvalue weighted by Crippen LogP contribution is 2.51. The van der Waals surface area contributed by atoms with Gasteiger partial charge in [-0.1, -0.05) is 107 Å². The van der Waals surface area contributed by atoms with E-state index >= 15 is 0 Å². The molecule has 2 aromatic carbocycles. The van der Waals surface area contributed by atoms with E-state index in [1.165, 1.54) is 49.0 Å². The number of aryl methyl sites for hydroxylation is 1. The number of ether oxygens (including phenoxy) is 1. The number of hydrogen-bond acceptors (Lipinski definition) is 6. The van der Waals surface area contributed by atoms with E-state index in [4.69, 9.17) is 14.2 Å². The monoisotopic (exact) mass is 547 g/mol. The van der Waals surface area contributed by atoms with Crippen LogP contribution in [0.5, 0.6) is 0 Å². The molecule has 1 fully saturated rings. The number of unbranched alkanes of at least 4 members (excludes halogenated alkanes) is 5. The van der Waals surface area contributed by atoms with E-state index in [1.807, 2.05) is 39.0 Å². The third-order valence-electron chi connectivity index (χ3n) is 7.94. The Balaban J connectivity index is 1.52. The Labute approximate surface area is 236 Å². The molecule has 40 heavy (non-hydrogen) atoms. The number of benzene rings is 2. The maximum Gasteiger partial charge on any atom is 0.408 e. The Morgan fingerprint density at radius 2 is 1.70 bits per heavy atom. The summed E-state index contributed by atoms with van der Waals surface area (Å²) in [6.07, 6.45) is 7.01. The van der Waals surface area contributed by atoms with Crippen molar-refractivity contribution in [2.75, 3.05) is 6.54 Å². The summed E-state index contributed by atoms with van der Waals surface area (Å²) >= 11 is 0. The number of aromatic nitrogens is 2. The van der Waals surface area contributed by atoms with E-state index in [2.05, 4.69) is 24.2 Å². The summed E-state index contributed by atoms with van der Waals surface area (Å²) in [5.74, 6) is 0.111. The zero-order valence-electron chi connectivity index (χ0n) is 24.1. The fourth-order valence-corrected chi connectivity index (χ4v) is 5.65. The Morgan fingerprint density at radius 3 is 2.35 bits per heavy atom. The number of amides is 1. The van der Waals surface area contributed by atoms with Crippen LogP contribution in [-0.4, -0.2) is 44.9 Å². The lowest BCUT2D eigenvalue weighted by molar-refractivity contribution is 0.00167. The molecule has 0 saturated carbocycles. The van der Waals surface area contributed by atoms with Crippen LogP contribution in [0.25, 0.3) is 11.4 Å². The molecule has 8 nitrogen and oxygen atoms in total. The molecule has 8 heteroatoms. The number of carbonyl (C=O) groups excluding carboxylic acids is 1. The van der Waals surface area contributed by atoms with Gasteiger partial charge in [-0.2, -0.15) is 4.98 Å². The first kappa shape index (κ1) is 29.3. The van der Waals surface area contributed by atoms with Crippen LogP contribution in [0.4, 0.5) is 4.79 Å². The number of carbonyl (C=O) groups is 2. The van der Waals surface area contributed by atoms with Crippen molar-refractivity contribution >= 4 is 12.1 Å². The lowest BCUT2D eigenvalue weighted by atomic mass is 9.71. The summed E-state index contributed by atoms with van der Waals surface area (Å²) in [6, 6.07) is 16.8. The number of carboxylic acid groups (broad SMARTS) is 1. The molecule has 1 N–H and O–H groups in total. The minimum atomic E-state index is -1.18. The van der Waals surface area contributed by atoms with Gasteiger partial charge in [0.25, 0.3) is 5.89 Å². The summed E-state index contributed by atoms with van der Waals surface area (Å²) in [5, 5.41) is 14.5. The quantitative estimate of drug-likeness (QED) is 0.196. The molecular weight excluding hydrogens is 506 g/mol. The van der Waals surface area contributed by atoms with Crippen molar-refractivity contribution in [2.24, 2.45) is 5.41 Å². The molecule has 1 saturated heterocycles. The predicted octanol–water partition coefficient (Wildman–Crippen LogP) is 7.49. The van der Waals surface area contributed by atoms with Crippen molar-refractivity contribution in [3.8, 4) is 11.4 Å². The molecule has 0 bridgehead atoms. The lowest BCUT2D eigenvalue weighted by Crippen LogP contribution is -2.53. The molecule has 214 valence electrons. The van der Waals surface area contributed by atoms with Crippen LogP contribution in [0.1, 0.15) is 94.5 Å². The van der Waals surface area contributed by atoms with Gasteiger partial charge in [-0.05, 0) is 36.0 Å². The molecule has 1 aliphatic heterocycles. The second-order valence-electron chi connectivity index (χ2n) is 11.7. The van der Waals surface area contributed by atoms with Gasteiger partial charge in [0.15, 0.2) is 0 Å². The molecular formula is C32H41N3O5. The first-order valence-corrected chi connectivity index (χ1v) is 14.4. The average molecular weight is 548 g/mol. The highest BCUT2D eigenvalue weighted by Gasteiger charge is 2.60. The SMILES string of the molecule is CCCCCCCCc1ccc(-c2noc([C@@]3(C(C)(C)C)C[C@H](OC(=O)c4ccccc4)CN3C(=O)O)n2)cc1. The molecule has 1 aromatic heterocycles. The van der Waals surface area contributed by atoms with E-state index in [0.29, 0.717) is 11.4 Å². The number of rotatable bonds is 11. The summed E-state index contributed by atoms with van der Waals surface area (Å²) in [4.78, 5) is 31.3. The van der Waals surface area contributed by atoms with Gasteiger partial charge in [0.1, 0.15) is 11.6 Å². The molecule has 1 aliphatic rings. The van der Waals surface area contributed by atoms with Crippen LogP contribution < -0.4 is 0 Å². The zero-order chi connectivity index (χ0) is 28.8. The third-order valence-corrected chi connectivity index (χ3v) is 7.94. The second kappa shape index (κ2) is 12.7. The normalized spacial score (nSPS) is 19.1. The van der Waals surface area contributed by atoms with Gasteiger partial charge in [-0.25, -0.2) is 9.59 Å². The smallest absolute Gasteiger partial charge is 0.408 e. The van der Waals surface area contributed by atoms with E-state index in [0.717, 1.165) is 12.0 Å². The number of nitrogens with zero attached hydrogens (tertiary/aromatic N) is 3. The van der Waals surface area contributed by atoms with Gasteiger partial charge in [0, 0.05) is 12.0 Å². The molecule has 2 heterocycles. The van der Waals surface area contributed by atoms with Crippen molar-refractivity contribution in [1.29, 1.82) is 0 Å². The molecule has 2 atom stereocenters. The number of esters is 1. The van der Waals surface area contributed by atoms with Gasteiger partial charge in [-0.3, -0.25) is 4.90 Å². The Hall–Kier alpha value is -3.68. The molecule has 3 aromatic rings. The van der Waals surface area contributed by atoms with Crippen LogP contribution in [-0.2, 0) is 16.7 Å². The summed E-state index contributed by atoms with van der Waals surface area (Å²) in [7, 11) is 0. The molecule has 0 spiro atoms. The van der Waals surface area contributed by atoms with E-state index < -0.39 is 29.1 Å². The number of hydrogen-bond donors (Lipinski definition) is 1. The van der Waals surface area contributed by atoms with Crippen LogP contribution >= 0.6 is 0 Å². The van der Waals surface area contributed by atoms with Crippen molar-refractivity contribution in [3.05, 3.63) is 71.6 Å². The topological polar surface area (TPSA) is 106 Å². The second-order valence-corrected chi connectivity index (χ2v) is 11.7. The highest BCUT2D eigenvalue weighted by molar-refractivity contribution is 5.89. The molecule has 1 amide bonds. The van der Waals surface area contributed by atoms with Gasteiger partial charge in [0.05, 0.1) is 12.1 Å². The minimum absolute atomic E-state index is 0.00995. The van der Waals surface area contributed by atoms with Crippen LogP contribution in [0.15, 0.2) is 59.1 Å². The molecule has 0 unspecified atom stereocenters. The third kappa shape index (κ3) is 6.37. The first-order chi connectivity index (χ1) is 19.2. The van der Waals surface area contributed by atoms with Crippen molar-refractivity contribution in [1.82, 2.24) is 15.0 Å². The molecule has 0 aliphatic carbocycles.